The van der Waals surface area contributed by atoms with Gasteiger partial charge < -0.3 is 19.5 Å². The van der Waals surface area contributed by atoms with Gasteiger partial charge in [-0.2, -0.15) is 0 Å². The summed E-state index contributed by atoms with van der Waals surface area (Å²) in [5.41, 5.74) is 0.896. The van der Waals surface area contributed by atoms with Gasteiger partial charge in [-0.15, -0.1) is 0 Å². The lowest BCUT2D eigenvalue weighted by Crippen LogP contribution is -2.38. The molecule has 9 nitrogen and oxygen atoms in total. The number of nitrogens with zero attached hydrogens (tertiary/aromatic N) is 1. The van der Waals surface area contributed by atoms with E-state index < -0.39 is 28.4 Å². The summed E-state index contributed by atoms with van der Waals surface area (Å²) in [6.45, 7) is 1.10. The monoisotopic (exact) mass is 532 g/mol. The number of benzene rings is 3. The highest BCUT2D eigenvalue weighted by molar-refractivity contribution is 7.92. The average molecular weight is 533 g/mol. The molecule has 0 heterocycles. The summed E-state index contributed by atoms with van der Waals surface area (Å²) in [6, 6.07) is 15.2. The maximum atomic E-state index is 13.6. The van der Waals surface area contributed by atoms with Crippen molar-refractivity contribution in [3.8, 4) is 11.5 Å². The highest BCUT2D eigenvalue weighted by Gasteiger charge is 2.29. The highest BCUT2D eigenvalue weighted by atomic mass is 35.5. The van der Waals surface area contributed by atoms with Crippen molar-refractivity contribution in [2.75, 3.05) is 37.5 Å². The SMILES string of the molecule is COC(=O)c1cc(OC)c(OC)cc1NC(=O)CN(c1ccc(Cl)cc1C)S(=O)(=O)c1ccccc1. The van der Waals surface area contributed by atoms with Gasteiger partial charge in [0.2, 0.25) is 5.91 Å². The van der Waals surface area contributed by atoms with Crippen LogP contribution in [-0.4, -0.2) is 48.2 Å². The van der Waals surface area contributed by atoms with Crippen LogP contribution in [0.5, 0.6) is 11.5 Å². The third-order valence-corrected chi connectivity index (χ3v) is 7.26. The van der Waals surface area contributed by atoms with E-state index in [1.54, 1.807) is 37.3 Å². The minimum absolute atomic E-state index is 0.00337. The second kappa shape index (κ2) is 11.3. The van der Waals surface area contributed by atoms with Crippen molar-refractivity contribution >= 4 is 44.9 Å². The molecule has 0 unspecified atom stereocenters. The number of ether oxygens (including phenoxy) is 3. The van der Waals surface area contributed by atoms with Crippen LogP contribution in [-0.2, 0) is 19.6 Å². The summed E-state index contributed by atoms with van der Waals surface area (Å²) >= 11 is 6.07. The van der Waals surface area contributed by atoms with Gasteiger partial charge in [-0.25, -0.2) is 13.2 Å². The summed E-state index contributed by atoms with van der Waals surface area (Å²) in [7, 11) is -0.140. The number of carbonyl (C=O) groups is 2. The molecule has 0 aliphatic rings. The predicted octanol–water partition coefficient (Wildman–Crippen LogP) is 4.29. The molecule has 0 atom stereocenters. The number of hydrogen-bond acceptors (Lipinski definition) is 7. The fraction of sp³-hybridized carbons (Fsp3) is 0.200. The molecule has 0 aliphatic heterocycles. The largest absolute Gasteiger partial charge is 0.493 e. The second-order valence-corrected chi connectivity index (χ2v) is 9.85. The number of sulfonamides is 1. The minimum atomic E-state index is -4.14. The zero-order valence-electron chi connectivity index (χ0n) is 20.1. The van der Waals surface area contributed by atoms with Gasteiger partial charge in [0.25, 0.3) is 10.0 Å². The Labute approximate surface area is 214 Å². The molecule has 3 aromatic carbocycles. The molecule has 0 aromatic heterocycles. The third-order valence-electron chi connectivity index (χ3n) is 5.25. The number of rotatable bonds is 9. The standard InChI is InChI=1S/C25H25ClN2O7S/c1-16-12-17(26)10-11-21(16)28(36(31,32)18-8-6-5-7-9-18)15-24(29)27-20-14-23(34-3)22(33-2)13-19(20)25(30)35-4/h5-14H,15H2,1-4H3,(H,27,29). The van der Waals surface area contributed by atoms with Gasteiger partial charge in [0, 0.05) is 17.2 Å². The van der Waals surface area contributed by atoms with Gasteiger partial charge in [-0.05, 0) is 42.8 Å². The quantitative estimate of drug-likeness (QED) is 0.409. The Balaban J connectivity index is 2.04. The Kier molecular flexibility index (Phi) is 8.44. The summed E-state index contributed by atoms with van der Waals surface area (Å²) in [5.74, 6) is -0.932. The van der Waals surface area contributed by atoms with Crippen molar-refractivity contribution in [3.63, 3.8) is 0 Å². The summed E-state index contributed by atoms with van der Waals surface area (Å²) in [6.07, 6.45) is 0. The van der Waals surface area contributed by atoms with Crippen molar-refractivity contribution in [1.29, 1.82) is 0 Å². The molecule has 0 saturated carbocycles. The number of aryl methyl sites for hydroxylation is 1. The number of anilines is 2. The first kappa shape index (κ1) is 26.8. The van der Waals surface area contributed by atoms with E-state index in [2.05, 4.69) is 5.32 Å². The summed E-state index contributed by atoms with van der Waals surface area (Å²) in [4.78, 5) is 25.6. The van der Waals surface area contributed by atoms with E-state index in [0.717, 1.165) is 4.31 Å². The maximum Gasteiger partial charge on any atom is 0.340 e. The maximum absolute atomic E-state index is 13.6. The van der Waals surface area contributed by atoms with Gasteiger partial charge in [0.05, 0.1) is 43.2 Å². The average Bonchev–Trinajstić information content (AvgIpc) is 2.87. The molecule has 1 amide bonds. The fourth-order valence-electron chi connectivity index (χ4n) is 3.50. The first-order valence-electron chi connectivity index (χ1n) is 10.6. The molecular weight excluding hydrogens is 508 g/mol. The Morgan fingerprint density at radius 1 is 0.944 bits per heavy atom. The van der Waals surface area contributed by atoms with Crippen LogP contribution in [0.15, 0.2) is 65.6 Å². The zero-order valence-corrected chi connectivity index (χ0v) is 21.6. The van der Waals surface area contributed by atoms with Crippen LogP contribution >= 0.6 is 11.6 Å². The smallest absolute Gasteiger partial charge is 0.340 e. The van der Waals surface area contributed by atoms with Gasteiger partial charge in [0.15, 0.2) is 11.5 Å². The molecule has 11 heteroatoms. The molecule has 190 valence electrons. The van der Waals surface area contributed by atoms with E-state index in [4.69, 9.17) is 25.8 Å². The van der Waals surface area contributed by atoms with Crippen molar-refractivity contribution in [3.05, 3.63) is 76.8 Å². The van der Waals surface area contributed by atoms with Crippen LogP contribution in [0.3, 0.4) is 0 Å². The van der Waals surface area contributed by atoms with E-state index in [1.165, 1.54) is 51.7 Å². The number of amides is 1. The minimum Gasteiger partial charge on any atom is -0.493 e. The van der Waals surface area contributed by atoms with Crippen LogP contribution in [0, 0.1) is 6.92 Å². The number of nitrogens with one attached hydrogen (secondary N) is 1. The first-order chi connectivity index (χ1) is 17.1. The van der Waals surface area contributed by atoms with E-state index in [1.807, 2.05) is 0 Å². The molecule has 0 spiro atoms. The van der Waals surface area contributed by atoms with E-state index in [9.17, 15) is 18.0 Å². The zero-order chi connectivity index (χ0) is 26.5. The number of carbonyl (C=O) groups excluding carboxylic acids is 2. The topological polar surface area (TPSA) is 111 Å². The van der Waals surface area contributed by atoms with Crippen LogP contribution in [0.2, 0.25) is 5.02 Å². The molecule has 0 aliphatic carbocycles. The second-order valence-electron chi connectivity index (χ2n) is 7.55. The molecule has 36 heavy (non-hydrogen) atoms. The summed E-state index contributed by atoms with van der Waals surface area (Å²) < 4.78 is 43.4. The molecule has 0 bridgehead atoms. The number of halogens is 1. The Bertz CT molecular complexity index is 1380. The third kappa shape index (κ3) is 5.72. The van der Waals surface area contributed by atoms with Gasteiger partial charge >= 0.3 is 5.97 Å². The van der Waals surface area contributed by atoms with Gasteiger partial charge in [-0.3, -0.25) is 9.10 Å². The van der Waals surface area contributed by atoms with E-state index in [-0.39, 0.29) is 33.3 Å². The molecular formula is C25H25ClN2O7S. The molecule has 0 radical (unpaired) electrons. The van der Waals surface area contributed by atoms with Crippen molar-refractivity contribution in [2.24, 2.45) is 0 Å². The first-order valence-corrected chi connectivity index (χ1v) is 12.4. The van der Waals surface area contributed by atoms with Crippen LogP contribution in [0.1, 0.15) is 15.9 Å². The Hall–Kier alpha value is -3.76. The lowest BCUT2D eigenvalue weighted by Gasteiger charge is -2.26. The number of esters is 1. The van der Waals surface area contributed by atoms with Gasteiger partial charge in [0.1, 0.15) is 6.54 Å². The Morgan fingerprint density at radius 2 is 1.58 bits per heavy atom. The van der Waals surface area contributed by atoms with Crippen molar-refractivity contribution in [2.45, 2.75) is 11.8 Å². The van der Waals surface area contributed by atoms with Crippen LogP contribution < -0.4 is 19.1 Å². The lowest BCUT2D eigenvalue weighted by molar-refractivity contribution is -0.114. The number of methoxy groups -OCH3 is 3. The highest BCUT2D eigenvalue weighted by Crippen LogP contribution is 2.34. The summed E-state index contributed by atoms with van der Waals surface area (Å²) in [5, 5.41) is 3.02. The van der Waals surface area contributed by atoms with Crippen molar-refractivity contribution < 1.29 is 32.2 Å². The molecule has 3 rings (SSSR count). The number of hydrogen-bond donors (Lipinski definition) is 1. The van der Waals surface area contributed by atoms with Crippen LogP contribution in [0.25, 0.3) is 0 Å². The molecule has 0 saturated heterocycles. The van der Waals surface area contributed by atoms with E-state index in [0.29, 0.717) is 10.6 Å². The molecule has 0 fully saturated rings. The molecule has 3 aromatic rings. The van der Waals surface area contributed by atoms with Gasteiger partial charge in [-0.1, -0.05) is 29.8 Å². The normalized spacial score (nSPS) is 10.9. The Morgan fingerprint density at radius 3 is 2.17 bits per heavy atom. The van der Waals surface area contributed by atoms with Crippen LogP contribution in [0.4, 0.5) is 11.4 Å². The predicted molar refractivity (Wildman–Crippen MR) is 137 cm³/mol. The molecule has 1 N–H and O–H groups in total. The fourth-order valence-corrected chi connectivity index (χ4v) is 5.23. The van der Waals surface area contributed by atoms with E-state index >= 15 is 0 Å². The van der Waals surface area contributed by atoms with Crippen molar-refractivity contribution in [1.82, 2.24) is 0 Å². The lowest BCUT2D eigenvalue weighted by atomic mass is 10.1.